The third kappa shape index (κ3) is 3.06. The summed E-state index contributed by atoms with van der Waals surface area (Å²) in [7, 11) is 0. The van der Waals surface area contributed by atoms with Crippen molar-refractivity contribution in [3.8, 4) is 0 Å². The molecule has 0 aromatic carbocycles. The molecule has 2 aliphatic rings. The summed E-state index contributed by atoms with van der Waals surface area (Å²) in [6.45, 7) is 5.23. The van der Waals surface area contributed by atoms with Crippen molar-refractivity contribution in [2.45, 2.75) is 45.6 Å². The number of hydrogen-bond acceptors (Lipinski definition) is 6. The van der Waals surface area contributed by atoms with E-state index in [0.29, 0.717) is 36.0 Å². The number of nitro groups is 1. The molecule has 0 spiro atoms. The minimum Gasteiger partial charge on any atom is -0.354 e. The molecule has 1 aromatic rings. The number of anilines is 2. The number of hydrogen-bond donors (Lipinski definition) is 1. The smallest absolute Gasteiger partial charge is 0.332 e. The average molecular weight is 291 g/mol. The average Bonchev–Trinajstić information content (AvgIpc) is 3.28. The van der Waals surface area contributed by atoms with Gasteiger partial charge in [0.2, 0.25) is 11.8 Å². The summed E-state index contributed by atoms with van der Waals surface area (Å²) < 4.78 is 0. The van der Waals surface area contributed by atoms with E-state index in [-0.39, 0.29) is 10.6 Å². The Morgan fingerprint density at radius 1 is 1.33 bits per heavy atom. The highest BCUT2D eigenvalue weighted by Crippen LogP contribution is 2.41. The van der Waals surface area contributed by atoms with Crippen LogP contribution in [0.2, 0.25) is 0 Å². The van der Waals surface area contributed by atoms with Crippen molar-refractivity contribution in [2.75, 3.05) is 23.3 Å². The fraction of sp³-hybridized carbons (Fsp3) is 0.714. The highest BCUT2D eigenvalue weighted by atomic mass is 16.6. The molecule has 0 aliphatic heterocycles. The van der Waals surface area contributed by atoms with Crippen molar-refractivity contribution >= 4 is 17.5 Å². The van der Waals surface area contributed by atoms with Gasteiger partial charge in [0.15, 0.2) is 0 Å². The molecule has 3 rings (SSSR count). The SMILES string of the molecule is CCNc1nc(C)c([N+](=O)[O-])c(N(CC2CC2)C2CC2)n1. The zero-order chi connectivity index (χ0) is 15.0. The van der Waals surface area contributed by atoms with Gasteiger partial charge in [-0.1, -0.05) is 0 Å². The second-order valence-corrected chi connectivity index (χ2v) is 5.92. The summed E-state index contributed by atoms with van der Waals surface area (Å²) in [5.74, 6) is 1.65. The lowest BCUT2D eigenvalue weighted by Gasteiger charge is -2.24. The molecule has 2 aliphatic carbocycles. The van der Waals surface area contributed by atoms with Crippen molar-refractivity contribution < 1.29 is 4.92 Å². The van der Waals surface area contributed by atoms with Crippen molar-refractivity contribution in [1.29, 1.82) is 0 Å². The second-order valence-electron chi connectivity index (χ2n) is 5.92. The molecule has 21 heavy (non-hydrogen) atoms. The van der Waals surface area contributed by atoms with E-state index in [4.69, 9.17) is 0 Å². The predicted octanol–water partition coefficient (Wildman–Crippen LogP) is 2.50. The topological polar surface area (TPSA) is 84.2 Å². The summed E-state index contributed by atoms with van der Waals surface area (Å²) in [6.07, 6.45) is 4.65. The molecule has 1 aromatic heterocycles. The molecular formula is C14H21N5O2. The molecule has 1 N–H and O–H groups in total. The van der Waals surface area contributed by atoms with Gasteiger partial charge < -0.3 is 10.2 Å². The first-order valence-corrected chi connectivity index (χ1v) is 7.63. The zero-order valence-electron chi connectivity index (χ0n) is 12.5. The standard InChI is InChI=1S/C14H21N5O2/c1-3-15-14-16-9(2)12(19(20)21)13(17-14)18(11-6-7-11)8-10-4-5-10/h10-11H,3-8H2,1-2H3,(H,15,16,17). The van der Waals surface area contributed by atoms with Gasteiger partial charge in [-0.05, 0) is 45.4 Å². The highest BCUT2D eigenvalue weighted by molar-refractivity contribution is 5.63. The van der Waals surface area contributed by atoms with Crippen LogP contribution in [0, 0.1) is 23.0 Å². The van der Waals surface area contributed by atoms with Crippen LogP contribution in [-0.2, 0) is 0 Å². The van der Waals surface area contributed by atoms with Crippen LogP contribution in [0.3, 0.4) is 0 Å². The quantitative estimate of drug-likeness (QED) is 0.614. The molecule has 0 unspecified atom stereocenters. The van der Waals surface area contributed by atoms with Gasteiger partial charge in [0, 0.05) is 19.1 Å². The van der Waals surface area contributed by atoms with Gasteiger partial charge in [0.1, 0.15) is 5.69 Å². The van der Waals surface area contributed by atoms with E-state index < -0.39 is 0 Å². The number of rotatable bonds is 7. The molecule has 0 atom stereocenters. The van der Waals surface area contributed by atoms with E-state index in [1.807, 2.05) is 6.92 Å². The summed E-state index contributed by atoms with van der Waals surface area (Å²) in [5, 5.41) is 14.5. The molecule has 0 saturated heterocycles. The van der Waals surface area contributed by atoms with Gasteiger partial charge in [-0.2, -0.15) is 4.98 Å². The second kappa shape index (κ2) is 5.46. The molecule has 7 nitrogen and oxygen atoms in total. The Labute approximate surface area is 123 Å². The number of aromatic nitrogens is 2. The molecule has 7 heteroatoms. The zero-order valence-corrected chi connectivity index (χ0v) is 12.5. The van der Waals surface area contributed by atoms with Crippen LogP contribution >= 0.6 is 0 Å². The number of nitrogens with zero attached hydrogens (tertiary/aromatic N) is 4. The van der Waals surface area contributed by atoms with E-state index in [1.54, 1.807) is 6.92 Å². The van der Waals surface area contributed by atoms with Crippen LogP contribution in [0.15, 0.2) is 0 Å². The number of nitrogens with one attached hydrogen (secondary N) is 1. The van der Waals surface area contributed by atoms with Crippen molar-refractivity contribution in [3.05, 3.63) is 15.8 Å². The van der Waals surface area contributed by atoms with Crippen molar-refractivity contribution in [3.63, 3.8) is 0 Å². The minimum absolute atomic E-state index is 0.0594. The first-order valence-electron chi connectivity index (χ1n) is 7.63. The maximum atomic E-state index is 11.4. The summed E-state index contributed by atoms with van der Waals surface area (Å²) in [6, 6.07) is 0.410. The molecule has 2 fully saturated rings. The van der Waals surface area contributed by atoms with E-state index in [0.717, 1.165) is 19.4 Å². The lowest BCUT2D eigenvalue weighted by Crippen LogP contribution is -2.30. The Balaban J connectivity index is 2.00. The van der Waals surface area contributed by atoms with Gasteiger partial charge >= 0.3 is 5.69 Å². The number of aryl methyl sites for hydroxylation is 1. The molecule has 0 amide bonds. The van der Waals surface area contributed by atoms with Crippen LogP contribution in [0.25, 0.3) is 0 Å². The van der Waals surface area contributed by atoms with Gasteiger partial charge in [-0.3, -0.25) is 10.1 Å². The third-order valence-corrected chi connectivity index (χ3v) is 3.97. The summed E-state index contributed by atoms with van der Waals surface area (Å²) >= 11 is 0. The summed E-state index contributed by atoms with van der Waals surface area (Å²) in [5.41, 5.74) is 0.492. The van der Waals surface area contributed by atoms with Gasteiger partial charge in [-0.15, -0.1) is 0 Å². The van der Waals surface area contributed by atoms with E-state index in [1.165, 1.54) is 12.8 Å². The summed E-state index contributed by atoms with van der Waals surface area (Å²) in [4.78, 5) is 21.9. The fourth-order valence-corrected chi connectivity index (χ4v) is 2.58. The van der Waals surface area contributed by atoms with Crippen LogP contribution in [0.5, 0.6) is 0 Å². The predicted molar refractivity (Wildman–Crippen MR) is 80.7 cm³/mol. The Hall–Kier alpha value is -1.92. The van der Waals surface area contributed by atoms with Crippen LogP contribution in [0.1, 0.15) is 38.3 Å². The maximum absolute atomic E-state index is 11.4. The molecule has 0 bridgehead atoms. The van der Waals surface area contributed by atoms with Gasteiger partial charge in [-0.25, -0.2) is 4.98 Å². The Bertz CT molecular complexity index is 555. The van der Waals surface area contributed by atoms with Crippen LogP contribution in [-0.4, -0.2) is 34.0 Å². The van der Waals surface area contributed by atoms with E-state index >= 15 is 0 Å². The monoisotopic (exact) mass is 291 g/mol. The third-order valence-electron chi connectivity index (χ3n) is 3.97. The molecule has 114 valence electrons. The van der Waals surface area contributed by atoms with Crippen molar-refractivity contribution in [1.82, 2.24) is 9.97 Å². The Morgan fingerprint density at radius 3 is 2.57 bits per heavy atom. The molecular weight excluding hydrogens is 270 g/mol. The first kappa shape index (κ1) is 14.0. The molecule has 0 radical (unpaired) electrons. The van der Waals surface area contributed by atoms with Crippen LogP contribution in [0.4, 0.5) is 17.5 Å². The highest BCUT2D eigenvalue weighted by Gasteiger charge is 2.38. The lowest BCUT2D eigenvalue weighted by atomic mass is 10.3. The van der Waals surface area contributed by atoms with Gasteiger partial charge in [0.25, 0.3) is 0 Å². The normalized spacial score (nSPS) is 17.6. The maximum Gasteiger partial charge on any atom is 0.332 e. The van der Waals surface area contributed by atoms with Crippen molar-refractivity contribution in [2.24, 2.45) is 5.92 Å². The largest absolute Gasteiger partial charge is 0.354 e. The van der Waals surface area contributed by atoms with Gasteiger partial charge in [0.05, 0.1) is 4.92 Å². The molecule has 2 saturated carbocycles. The Morgan fingerprint density at radius 2 is 2.05 bits per heavy atom. The Kier molecular flexibility index (Phi) is 3.65. The van der Waals surface area contributed by atoms with E-state index in [2.05, 4.69) is 20.2 Å². The molecule has 1 heterocycles. The minimum atomic E-state index is -0.345. The lowest BCUT2D eigenvalue weighted by molar-refractivity contribution is -0.385. The first-order chi connectivity index (χ1) is 10.1. The fourth-order valence-electron chi connectivity index (χ4n) is 2.58. The van der Waals surface area contributed by atoms with Crippen LogP contribution < -0.4 is 10.2 Å². The van der Waals surface area contributed by atoms with E-state index in [9.17, 15) is 10.1 Å².